The van der Waals surface area contributed by atoms with Crippen molar-refractivity contribution in [3.05, 3.63) is 42.2 Å². The highest BCUT2D eigenvalue weighted by molar-refractivity contribution is 5.83. The fourth-order valence-corrected chi connectivity index (χ4v) is 1.45. The molecule has 0 spiro atoms. The van der Waals surface area contributed by atoms with Gasteiger partial charge in [0.2, 0.25) is 0 Å². The molecule has 0 atom stereocenters. The number of benzene rings is 1. The smallest absolute Gasteiger partial charge is 0.542 e. The van der Waals surface area contributed by atoms with E-state index in [1.165, 1.54) is 18.2 Å². The molecule has 0 aliphatic rings. The minimum Gasteiger partial charge on any atom is -0.542 e. The molecule has 2 rings (SSSR count). The highest BCUT2D eigenvalue weighted by Crippen LogP contribution is 2.28. The average molecular weight is 271 g/mol. The lowest BCUT2D eigenvalue weighted by molar-refractivity contribution is -0.274. The maximum Gasteiger partial charge on any atom is 0.573 e. The highest BCUT2D eigenvalue weighted by atomic mass is 19.4. The summed E-state index contributed by atoms with van der Waals surface area (Å²) in [7, 11) is 0. The molecule has 0 fully saturated rings. The molecule has 2 aromatic rings. The number of alkyl halides is 3. The Morgan fingerprint density at radius 3 is 2.53 bits per heavy atom. The number of rotatable bonds is 3. The number of ether oxygens (including phenoxy) is 1. The van der Waals surface area contributed by atoms with Crippen molar-refractivity contribution in [1.82, 2.24) is 0 Å². The average Bonchev–Trinajstić information content (AvgIpc) is 2.76. The quantitative estimate of drug-likeness (QED) is 0.858. The Morgan fingerprint density at radius 1 is 1.21 bits per heavy atom. The van der Waals surface area contributed by atoms with Gasteiger partial charge in [-0.15, -0.1) is 13.2 Å². The van der Waals surface area contributed by atoms with Gasteiger partial charge < -0.3 is 19.1 Å². The normalized spacial score (nSPS) is 11.3. The van der Waals surface area contributed by atoms with Gasteiger partial charge in [0.05, 0.1) is 0 Å². The molecule has 1 aromatic heterocycles. The molecule has 0 radical (unpaired) electrons. The Morgan fingerprint density at radius 2 is 1.95 bits per heavy atom. The van der Waals surface area contributed by atoms with Crippen LogP contribution in [0.1, 0.15) is 10.6 Å². The number of furan rings is 1. The van der Waals surface area contributed by atoms with Crippen molar-refractivity contribution in [2.75, 3.05) is 0 Å². The first-order chi connectivity index (χ1) is 8.85. The maximum atomic E-state index is 12.1. The van der Waals surface area contributed by atoms with Crippen LogP contribution in [0.3, 0.4) is 0 Å². The second-order valence-corrected chi connectivity index (χ2v) is 3.53. The van der Waals surface area contributed by atoms with Crippen LogP contribution in [0.4, 0.5) is 13.2 Å². The summed E-state index contributed by atoms with van der Waals surface area (Å²) in [5.74, 6) is -2.23. The molecule has 0 unspecified atom stereocenters. The zero-order valence-electron chi connectivity index (χ0n) is 9.23. The number of aromatic carboxylic acids is 1. The Balaban J connectivity index is 2.29. The standard InChI is InChI=1S/C12H7F3O4/c13-12(14,15)19-8-3-1-2-7(6-8)9-4-5-10(18-9)11(16)17/h1-6H,(H,16,17)/p-1. The lowest BCUT2D eigenvalue weighted by Crippen LogP contribution is -2.21. The van der Waals surface area contributed by atoms with E-state index in [0.717, 1.165) is 18.2 Å². The van der Waals surface area contributed by atoms with E-state index in [9.17, 15) is 23.1 Å². The van der Waals surface area contributed by atoms with Crippen LogP contribution in [0.5, 0.6) is 5.75 Å². The van der Waals surface area contributed by atoms with Crippen LogP contribution >= 0.6 is 0 Å². The summed E-state index contributed by atoms with van der Waals surface area (Å²) >= 11 is 0. The molecule has 100 valence electrons. The van der Waals surface area contributed by atoms with Crippen molar-refractivity contribution >= 4 is 5.97 Å². The van der Waals surface area contributed by atoms with Crippen LogP contribution in [0.2, 0.25) is 0 Å². The fraction of sp³-hybridized carbons (Fsp3) is 0.0833. The minimum atomic E-state index is -4.79. The first-order valence-electron chi connectivity index (χ1n) is 5.02. The monoisotopic (exact) mass is 271 g/mol. The SMILES string of the molecule is O=C([O-])c1ccc(-c2cccc(OC(F)(F)F)c2)o1. The Bertz CT molecular complexity index is 601. The second-order valence-electron chi connectivity index (χ2n) is 3.53. The van der Waals surface area contributed by atoms with Crippen LogP contribution in [0.15, 0.2) is 40.8 Å². The molecule has 0 saturated carbocycles. The number of carbonyl (C=O) groups is 1. The lowest BCUT2D eigenvalue weighted by atomic mass is 10.2. The van der Waals surface area contributed by atoms with Crippen LogP contribution in [-0.4, -0.2) is 12.3 Å². The number of halogens is 3. The summed E-state index contributed by atoms with van der Waals surface area (Å²) in [5, 5.41) is 10.5. The Labute approximate surface area is 105 Å². The fourth-order valence-electron chi connectivity index (χ4n) is 1.45. The zero-order valence-corrected chi connectivity index (χ0v) is 9.23. The van der Waals surface area contributed by atoms with Gasteiger partial charge >= 0.3 is 6.36 Å². The molecule has 19 heavy (non-hydrogen) atoms. The van der Waals surface area contributed by atoms with Gasteiger partial charge in [0, 0.05) is 5.56 Å². The van der Waals surface area contributed by atoms with E-state index in [0.29, 0.717) is 0 Å². The molecule has 1 aromatic carbocycles. The third-order valence-corrected chi connectivity index (χ3v) is 2.16. The summed E-state index contributed by atoms with van der Waals surface area (Å²) in [5.41, 5.74) is 0.259. The molecule has 0 bridgehead atoms. The van der Waals surface area contributed by atoms with E-state index in [2.05, 4.69) is 4.74 Å². The molecule has 4 nitrogen and oxygen atoms in total. The van der Waals surface area contributed by atoms with Crippen molar-refractivity contribution in [2.45, 2.75) is 6.36 Å². The van der Waals surface area contributed by atoms with Gasteiger partial charge in [0.1, 0.15) is 23.2 Å². The summed E-state index contributed by atoms with van der Waals surface area (Å²) in [6.07, 6.45) is -4.79. The molecule has 0 aliphatic heterocycles. The molecule has 1 heterocycles. The van der Waals surface area contributed by atoms with E-state index in [1.807, 2.05) is 0 Å². The summed E-state index contributed by atoms with van der Waals surface area (Å²) < 4.78 is 44.8. The zero-order chi connectivity index (χ0) is 14.0. The maximum absolute atomic E-state index is 12.1. The predicted molar refractivity (Wildman–Crippen MR) is 55.2 cm³/mol. The summed E-state index contributed by atoms with van der Waals surface area (Å²) in [6, 6.07) is 7.48. The van der Waals surface area contributed by atoms with E-state index in [4.69, 9.17) is 4.42 Å². The second kappa shape index (κ2) is 4.68. The summed E-state index contributed by atoms with van der Waals surface area (Å²) in [4.78, 5) is 10.5. The lowest BCUT2D eigenvalue weighted by Gasteiger charge is -2.09. The Kier molecular flexibility index (Phi) is 3.20. The van der Waals surface area contributed by atoms with E-state index < -0.39 is 23.8 Å². The van der Waals surface area contributed by atoms with Gasteiger partial charge in [-0.05, 0) is 24.3 Å². The van der Waals surface area contributed by atoms with Crippen molar-refractivity contribution in [2.24, 2.45) is 0 Å². The number of hydrogen-bond donors (Lipinski definition) is 0. The number of carboxylic acid groups (broad SMARTS) is 1. The molecule has 0 amide bonds. The topological polar surface area (TPSA) is 62.5 Å². The molecule has 0 aliphatic carbocycles. The molecular formula is C12H6F3O4-. The molecular weight excluding hydrogens is 265 g/mol. The molecule has 0 N–H and O–H groups in total. The predicted octanol–water partition coefficient (Wildman–Crippen LogP) is 2.21. The van der Waals surface area contributed by atoms with Crippen LogP contribution in [0.25, 0.3) is 11.3 Å². The number of carbonyl (C=O) groups excluding carboxylic acids is 1. The summed E-state index contributed by atoms with van der Waals surface area (Å²) in [6.45, 7) is 0. The molecule has 0 saturated heterocycles. The van der Waals surface area contributed by atoms with Gasteiger partial charge in [0.15, 0.2) is 0 Å². The van der Waals surface area contributed by atoms with Crippen molar-refractivity contribution in [3.8, 4) is 17.1 Å². The van der Waals surface area contributed by atoms with Gasteiger partial charge in [0.25, 0.3) is 0 Å². The van der Waals surface area contributed by atoms with Gasteiger partial charge in [-0.25, -0.2) is 0 Å². The van der Waals surface area contributed by atoms with Crippen LogP contribution < -0.4 is 9.84 Å². The first kappa shape index (κ1) is 13.0. The Hall–Kier alpha value is -2.44. The third-order valence-electron chi connectivity index (χ3n) is 2.16. The highest BCUT2D eigenvalue weighted by Gasteiger charge is 2.31. The van der Waals surface area contributed by atoms with Crippen LogP contribution in [-0.2, 0) is 0 Å². The number of hydrogen-bond acceptors (Lipinski definition) is 4. The van der Waals surface area contributed by atoms with Crippen LogP contribution in [0, 0.1) is 0 Å². The third kappa shape index (κ3) is 3.27. The van der Waals surface area contributed by atoms with E-state index in [1.54, 1.807) is 0 Å². The van der Waals surface area contributed by atoms with Crippen molar-refractivity contribution < 1.29 is 32.2 Å². The number of carboxylic acids is 1. The first-order valence-corrected chi connectivity index (χ1v) is 5.02. The minimum absolute atomic E-state index is 0.104. The van der Waals surface area contributed by atoms with Gasteiger partial charge in [-0.1, -0.05) is 12.1 Å². The van der Waals surface area contributed by atoms with E-state index in [-0.39, 0.29) is 11.3 Å². The van der Waals surface area contributed by atoms with Crippen molar-refractivity contribution in [3.63, 3.8) is 0 Å². The van der Waals surface area contributed by atoms with Gasteiger partial charge in [-0.2, -0.15) is 0 Å². The molecule has 7 heteroatoms. The van der Waals surface area contributed by atoms with Gasteiger partial charge in [-0.3, -0.25) is 0 Å². The largest absolute Gasteiger partial charge is 0.573 e. The van der Waals surface area contributed by atoms with Crippen molar-refractivity contribution in [1.29, 1.82) is 0 Å². The van der Waals surface area contributed by atoms with E-state index >= 15 is 0 Å².